The summed E-state index contributed by atoms with van der Waals surface area (Å²) in [6.07, 6.45) is 2.14. The molecule has 3 N–H and O–H groups in total. The van der Waals surface area contributed by atoms with E-state index in [1.165, 1.54) is 6.21 Å². The highest BCUT2D eigenvalue weighted by Gasteiger charge is 2.11. The molecule has 2 rings (SSSR count). The van der Waals surface area contributed by atoms with Gasteiger partial charge >= 0.3 is 11.8 Å². The van der Waals surface area contributed by atoms with Crippen LogP contribution < -0.4 is 20.8 Å². The predicted molar refractivity (Wildman–Crippen MR) is 131 cm³/mol. The van der Waals surface area contributed by atoms with Crippen molar-refractivity contribution in [3.8, 4) is 5.75 Å². The van der Waals surface area contributed by atoms with Crippen LogP contribution in [0.3, 0.4) is 0 Å². The van der Waals surface area contributed by atoms with E-state index in [9.17, 15) is 14.4 Å². The van der Waals surface area contributed by atoms with Crippen molar-refractivity contribution in [1.29, 1.82) is 0 Å². The Labute approximate surface area is 199 Å². The van der Waals surface area contributed by atoms with Gasteiger partial charge in [-0.05, 0) is 75.6 Å². The summed E-state index contributed by atoms with van der Waals surface area (Å²) in [6.45, 7) is 8.50. The Balaban J connectivity index is 1.70. The number of nitrogens with zero attached hydrogens (tertiary/aromatic N) is 1. The molecule has 0 aliphatic heterocycles. The van der Waals surface area contributed by atoms with Crippen LogP contribution in [0.4, 0.5) is 5.69 Å². The zero-order valence-electron chi connectivity index (χ0n) is 20.0. The van der Waals surface area contributed by atoms with Crippen LogP contribution in [0.1, 0.15) is 37.0 Å². The van der Waals surface area contributed by atoms with Gasteiger partial charge in [-0.15, -0.1) is 0 Å². The van der Waals surface area contributed by atoms with Gasteiger partial charge in [-0.2, -0.15) is 5.10 Å². The summed E-state index contributed by atoms with van der Waals surface area (Å²) in [5.74, 6) is -1.36. The van der Waals surface area contributed by atoms with Gasteiger partial charge in [0.25, 0.3) is 5.91 Å². The zero-order chi connectivity index (χ0) is 24.9. The van der Waals surface area contributed by atoms with E-state index in [2.05, 4.69) is 21.2 Å². The van der Waals surface area contributed by atoms with Crippen molar-refractivity contribution >= 4 is 29.6 Å². The number of amides is 3. The van der Waals surface area contributed by atoms with Crippen LogP contribution in [-0.4, -0.2) is 49.8 Å². The number of anilines is 1. The largest absolute Gasteiger partial charge is 0.484 e. The van der Waals surface area contributed by atoms with Gasteiger partial charge in [-0.3, -0.25) is 14.4 Å². The Morgan fingerprint density at radius 3 is 2.44 bits per heavy atom. The third-order valence-corrected chi connectivity index (χ3v) is 4.55. The molecule has 0 spiro atoms. The van der Waals surface area contributed by atoms with Crippen LogP contribution in [-0.2, 0) is 19.1 Å². The van der Waals surface area contributed by atoms with Gasteiger partial charge in [-0.25, -0.2) is 5.43 Å². The van der Waals surface area contributed by atoms with Gasteiger partial charge in [0.05, 0.1) is 12.3 Å². The third kappa shape index (κ3) is 9.83. The SMILES string of the molecule is Cc1ccc(NC(=O)COc2ccc(/C=N\NC(=O)C(=O)NCCCOC(C)C)cc2)c(C)c1. The van der Waals surface area contributed by atoms with Crippen molar-refractivity contribution in [1.82, 2.24) is 10.7 Å². The standard InChI is InChI=1S/C25H32N4O5/c1-17(2)33-13-5-12-26-24(31)25(32)29-27-15-20-7-9-21(10-8-20)34-16-23(30)28-22-11-6-18(3)14-19(22)4/h6-11,14-15,17H,5,12-13,16H2,1-4H3,(H,26,31)(H,28,30)(H,29,32)/b27-15-. The van der Waals surface area contributed by atoms with Gasteiger partial charge in [0.2, 0.25) is 0 Å². The maximum absolute atomic E-state index is 12.1. The molecule has 0 fully saturated rings. The quantitative estimate of drug-likeness (QED) is 0.203. The summed E-state index contributed by atoms with van der Waals surface area (Å²) in [6, 6.07) is 12.6. The number of rotatable bonds is 11. The molecule has 0 saturated heterocycles. The number of hydrazone groups is 1. The Morgan fingerprint density at radius 1 is 1.03 bits per heavy atom. The topological polar surface area (TPSA) is 118 Å². The van der Waals surface area contributed by atoms with Gasteiger partial charge in [0.15, 0.2) is 6.61 Å². The Morgan fingerprint density at radius 2 is 1.76 bits per heavy atom. The van der Waals surface area contributed by atoms with E-state index >= 15 is 0 Å². The molecule has 182 valence electrons. The Hall–Kier alpha value is -3.72. The second-order valence-corrected chi connectivity index (χ2v) is 7.95. The number of ether oxygens (including phenoxy) is 2. The molecule has 0 aliphatic carbocycles. The first kappa shape index (κ1) is 26.5. The highest BCUT2D eigenvalue weighted by atomic mass is 16.5. The molecular formula is C25H32N4O5. The maximum atomic E-state index is 12.1. The number of carbonyl (C=O) groups excluding carboxylic acids is 3. The van der Waals surface area contributed by atoms with Crippen LogP contribution in [0.2, 0.25) is 0 Å². The number of hydrogen-bond acceptors (Lipinski definition) is 6. The van der Waals surface area contributed by atoms with E-state index in [0.29, 0.717) is 30.9 Å². The van der Waals surface area contributed by atoms with E-state index in [-0.39, 0.29) is 18.6 Å². The van der Waals surface area contributed by atoms with Crippen molar-refractivity contribution in [3.05, 3.63) is 59.2 Å². The number of benzene rings is 2. The predicted octanol–water partition coefficient (Wildman–Crippen LogP) is 2.70. The second-order valence-electron chi connectivity index (χ2n) is 7.95. The Kier molecular flexibility index (Phi) is 10.7. The molecule has 0 aromatic heterocycles. The molecule has 2 aromatic rings. The van der Waals surface area contributed by atoms with Gasteiger partial charge < -0.3 is 20.1 Å². The third-order valence-electron chi connectivity index (χ3n) is 4.55. The molecule has 0 saturated carbocycles. The van der Waals surface area contributed by atoms with Crippen LogP contribution in [0.5, 0.6) is 5.75 Å². The molecule has 0 aliphatic rings. The highest BCUT2D eigenvalue weighted by molar-refractivity contribution is 6.35. The minimum absolute atomic E-state index is 0.127. The zero-order valence-corrected chi connectivity index (χ0v) is 20.0. The van der Waals surface area contributed by atoms with Crippen LogP contribution >= 0.6 is 0 Å². The van der Waals surface area contributed by atoms with Crippen molar-refractivity contribution in [2.75, 3.05) is 25.1 Å². The summed E-state index contributed by atoms with van der Waals surface area (Å²) in [7, 11) is 0. The van der Waals surface area contributed by atoms with E-state index in [0.717, 1.165) is 16.8 Å². The fourth-order valence-electron chi connectivity index (χ4n) is 2.83. The van der Waals surface area contributed by atoms with Gasteiger partial charge in [0.1, 0.15) is 5.75 Å². The molecule has 2 aromatic carbocycles. The summed E-state index contributed by atoms with van der Waals surface area (Å²) in [5.41, 5.74) is 5.72. The van der Waals surface area contributed by atoms with Crippen LogP contribution in [0.15, 0.2) is 47.6 Å². The van der Waals surface area contributed by atoms with Crippen molar-refractivity contribution in [2.45, 2.75) is 40.2 Å². The minimum Gasteiger partial charge on any atom is -0.484 e. The number of carbonyl (C=O) groups is 3. The molecule has 3 amide bonds. The summed E-state index contributed by atoms with van der Waals surface area (Å²) in [5, 5.41) is 9.11. The fourth-order valence-corrected chi connectivity index (χ4v) is 2.83. The van der Waals surface area contributed by atoms with E-state index in [1.54, 1.807) is 24.3 Å². The number of nitrogens with one attached hydrogen (secondary N) is 3. The second kappa shape index (κ2) is 13.7. The lowest BCUT2D eigenvalue weighted by atomic mass is 10.1. The lowest BCUT2D eigenvalue weighted by molar-refractivity contribution is -0.139. The van der Waals surface area contributed by atoms with E-state index < -0.39 is 11.8 Å². The van der Waals surface area contributed by atoms with Crippen LogP contribution in [0, 0.1) is 13.8 Å². The summed E-state index contributed by atoms with van der Waals surface area (Å²) >= 11 is 0. The first-order chi connectivity index (χ1) is 16.2. The van der Waals surface area contributed by atoms with Crippen LogP contribution in [0.25, 0.3) is 0 Å². The fraction of sp³-hybridized carbons (Fsp3) is 0.360. The van der Waals surface area contributed by atoms with E-state index in [1.807, 2.05) is 45.9 Å². The molecule has 9 nitrogen and oxygen atoms in total. The number of aryl methyl sites for hydroxylation is 2. The van der Waals surface area contributed by atoms with Crippen molar-refractivity contribution in [2.24, 2.45) is 5.10 Å². The minimum atomic E-state index is -0.851. The first-order valence-corrected chi connectivity index (χ1v) is 11.1. The Bertz CT molecular complexity index is 1000. The number of hydrogen-bond donors (Lipinski definition) is 3. The summed E-state index contributed by atoms with van der Waals surface area (Å²) < 4.78 is 10.9. The molecule has 9 heteroatoms. The molecule has 0 heterocycles. The van der Waals surface area contributed by atoms with Crippen molar-refractivity contribution < 1.29 is 23.9 Å². The average molecular weight is 469 g/mol. The first-order valence-electron chi connectivity index (χ1n) is 11.1. The average Bonchev–Trinajstić information content (AvgIpc) is 2.79. The smallest absolute Gasteiger partial charge is 0.329 e. The van der Waals surface area contributed by atoms with E-state index in [4.69, 9.17) is 9.47 Å². The normalized spacial score (nSPS) is 10.9. The molecule has 0 atom stereocenters. The molecule has 0 bridgehead atoms. The van der Waals surface area contributed by atoms with Gasteiger partial charge in [0, 0.05) is 18.8 Å². The maximum Gasteiger partial charge on any atom is 0.329 e. The lowest BCUT2D eigenvalue weighted by Gasteiger charge is -2.10. The van der Waals surface area contributed by atoms with Crippen molar-refractivity contribution in [3.63, 3.8) is 0 Å². The molecule has 34 heavy (non-hydrogen) atoms. The highest BCUT2D eigenvalue weighted by Crippen LogP contribution is 2.16. The summed E-state index contributed by atoms with van der Waals surface area (Å²) in [4.78, 5) is 35.6. The molecule has 0 radical (unpaired) electrons. The lowest BCUT2D eigenvalue weighted by Crippen LogP contribution is -2.38. The van der Waals surface area contributed by atoms with Gasteiger partial charge in [-0.1, -0.05) is 17.7 Å². The monoisotopic (exact) mass is 468 g/mol. The molecule has 0 unspecified atom stereocenters. The molecular weight excluding hydrogens is 436 g/mol.